The lowest BCUT2D eigenvalue weighted by molar-refractivity contribution is 0.280. The van der Waals surface area contributed by atoms with Gasteiger partial charge in [0.05, 0.1) is 5.52 Å². The van der Waals surface area contributed by atoms with E-state index >= 15 is 0 Å². The van der Waals surface area contributed by atoms with Crippen molar-refractivity contribution in [1.82, 2.24) is 19.9 Å². The molecule has 1 aromatic carbocycles. The molecule has 7 heteroatoms. The summed E-state index contributed by atoms with van der Waals surface area (Å²) in [5.74, 6) is 1.13. The molecule has 0 atom stereocenters. The van der Waals surface area contributed by atoms with Crippen molar-refractivity contribution >= 4 is 22.7 Å². The predicted octanol–water partition coefficient (Wildman–Crippen LogP) is 2.49. The van der Waals surface area contributed by atoms with Gasteiger partial charge in [-0.1, -0.05) is 11.6 Å². The Balaban J connectivity index is 1.70. The van der Waals surface area contributed by atoms with E-state index in [9.17, 15) is 0 Å². The van der Waals surface area contributed by atoms with Gasteiger partial charge in [-0.2, -0.15) is 9.97 Å². The number of aromatic nitrogens is 4. The number of hydrogen-bond acceptors (Lipinski definition) is 7. The number of fused-ring (bicyclic) bond motifs is 1. The molecule has 3 heterocycles. The third-order valence-corrected chi connectivity index (χ3v) is 4.36. The number of hydrogen-bond donors (Lipinski definition) is 1. The molecule has 1 saturated heterocycles. The van der Waals surface area contributed by atoms with E-state index in [0.717, 1.165) is 35.4 Å². The van der Waals surface area contributed by atoms with Crippen molar-refractivity contribution in [2.75, 3.05) is 23.7 Å². The summed E-state index contributed by atoms with van der Waals surface area (Å²) in [5, 5.41) is 1.11. The normalized spacial score (nSPS) is 14.2. The van der Waals surface area contributed by atoms with Gasteiger partial charge in [-0.05, 0) is 38.0 Å². The van der Waals surface area contributed by atoms with E-state index in [1.807, 2.05) is 0 Å². The summed E-state index contributed by atoms with van der Waals surface area (Å²) in [6.45, 7) is 4.47. The van der Waals surface area contributed by atoms with Crippen molar-refractivity contribution in [3.8, 4) is 6.01 Å². The van der Waals surface area contributed by atoms with Gasteiger partial charge in [-0.25, -0.2) is 9.97 Å². The summed E-state index contributed by atoms with van der Waals surface area (Å²) in [7, 11) is 0. The zero-order valence-corrected chi connectivity index (χ0v) is 14.1. The van der Waals surface area contributed by atoms with Crippen LogP contribution in [0, 0.1) is 6.92 Å². The molecule has 0 unspecified atom stereocenters. The molecular formula is C18H20N6O. The van der Waals surface area contributed by atoms with Crippen LogP contribution in [0.2, 0.25) is 0 Å². The van der Waals surface area contributed by atoms with Crippen LogP contribution < -0.4 is 15.4 Å². The maximum absolute atomic E-state index is 5.74. The van der Waals surface area contributed by atoms with E-state index in [2.05, 4.69) is 51.0 Å². The SMILES string of the molecule is Cc1ccc2nc(N3CCCC3)c(COc3ncnc(N)n3)cc2c1. The molecule has 4 rings (SSSR count). The summed E-state index contributed by atoms with van der Waals surface area (Å²) in [6.07, 6.45) is 3.73. The summed E-state index contributed by atoms with van der Waals surface area (Å²) in [6, 6.07) is 8.67. The van der Waals surface area contributed by atoms with Gasteiger partial charge < -0.3 is 15.4 Å². The molecule has 0 aliphatic carbocycles. The summed E-state index contributed by atoms with van der Waals surface area (Å²) >= 11 is 0. The fraction of sp³-hybridized carbons (Fsp3) is 0.333. The first-order valence-electron chi connectivity index (χ1n) is 8.41. The summed E-state index contributed by atoms with van der Waals surface area (Å²) in [5.41, 5.74) is 8.82. The average Bonchev–Trinajstić information content (AvgIpc) is 3.13. The van der Waals surface area contributed by atoms with E-state index in [-0.39, 0.29) is 12.0 Å². The van der Waals surface area contributed by atoms with Gasteiger partial charge in [0, 0.05) is 24.0 Å². The van der Waals surface area contributed by atoms with Crippen LogP contribution in [0.3, 0.4) is 0 Å². The third-order valence-electron chi connectivity index (χ3n) is 4.36. The van der Waals surface area contributed by atoms with Gasteiger partial charge in [0.25, 0.3) is 0 Å². The Morgan fingerprint density at radius 1 is 1.12 bits per heavy atom. The lowest BCUT2D eigenvalue weighted by Gasteiger charge is -2.21. The quantitative estimate of drug-likeness (QED) is 0.782. The molecule has 2 N–H and O–H groups in total. The highest BCUT2D eigenvalue weighted by Crippen LogP contribution is 2.27. The Kier molecular flexibility index (Phi) is 4.05. The molecule has 2 aromatic heterocycles. The standard InChI is InChI=1S/C18H20N6O/c1-12-4-5-15-13(8-12)9-14(16(22-15)24-6-2-3-7-24)10-25-18-21-11-20-17(19)23-18/h4-5,8-9,11H,2-3,6-7,10H2,1H3,(H2,19,20,21,23). The van der Waals surface area contributed by atoms with Gasteiger partial charge in [-0.15, -0.1) is 0 Å². The molecule has 25 heavy (non-hydrogen) atoms. The summed E-state index contributed by atoms with van der Waals surface area (Å²) < 4.78 is 5.74. The Bertz CT molecular complexity index is 907. The van der Waals surface area contributed by atoms with Gasteiger partial charge in [0.2, 0.25) is 5.95 Å². The maximum atomic E-state index is 5.74. The fourth-order valence-corrected chi connectivity index (χ4v) is 3.14. The van der Waals surface area contributed by atoms with E-state index in [4.69, 9.17) is 15.5 Å². The van der Waals surface area contributed by atoms with Crippen LogP contribution in [0.1, 0.15) is 24.0 Å². The lowest BCUT2D eigenvalue weighted by Crippen LogP contribution is -2.21. The highest BCUT2D eigenvalue weighted by atomic mass is 16.5. The van der Waals surface area contributed by atoms with Crippen molar-refractivity contribution in [3.63, 3.8) is 0 Å². The molecule has 1 fully saturated rings. The molecule has 0 spiro atoms. The van der Waals surface area contributed by atoms with E-state index in [0.29, 0.717) is 6.61 Å². The second-order valence-electron chi connectivity index (χ2n) is 6.28. The minimum Gasteiger partial charge on any atom is -0.458 e. The molecular weight excluding hydrogens is 316 g/mol. The first-order chi connectivity index (χ1) is 12.2. The Morgan fingerprint density at radius 2 is 1.96 bits per heavy atom. The first kappa shape index (κ1) is 15.6. The van der Waals surface area contributed by atoms with Crippen LogP contribution in [0.4, 0.5) is 11.8 Å². The van der Waals surface area contributed by atoms with Crippen LogP contribution in [0.25, 0.3) is 10.9 Å². The molecule has 1 aliphatic heterocycles. The van der Waals surface area contributed by atoms with Crippen LogP contribution in [0.15, 0.2) is 30.6 Å². The number of anilines is 2. The molecule has 1 aliphatic rings. The number of nitrogens with zero attached hydrogens (tertiary/aromatic N) is 5. The molecule has 0 radical (unpaired) electrons. The number of aryl methyl sites for hydroxylation is 1. The number of ether oxygens (including phenoxy) is 1. The topological polar surface area (TPSA) is 90.0 Å². The van der Waals surface area contributed by atoms with E-state index < -0.39 is 0 Å². The van der Waals surface area contributed by atoms with E-state index in [1.54, 1.807) is 0 Å². The van der Waals surface area contributed by atoms with Crippen molar-refractivity contribution in [2.45, 2.75) is 26.4 Å². The highest BCUT2D eigenvalue weighted by Gasteiger charge is 2.19. The Labute approximate surface area is 145 Å². The molecule has 128 valence electrons. The Hall–Kier alpha value is -2.96. The zero-order chi connectivity index (χ0) is 17.2. The molecule has 0 bridgehead atoms. The second kappa shape index (κ2) is 6.51. The Morgan fingerprint density at radius 3 is 2.76 bits per heavy atom. The van der Waals surface area contributed by atoms with Crippen LogP contribution in [-0.4, -0.2) is 33.0 Å². The van der Waals surface area contributed by atoms with Gasteiger partial charge in [0.15, 0.2) is 0 Å². The minimum atomic E-state index is 0.150. The first-order valence-corrected chi connectivity index (χ1v) is 8.41. The van der Waals surface area contributed by atoms with Crippen LogP contribution in [-0.2, 0) is 6.61 Å². The second-order valence-corrected chi connectivity index (χ2v) is 6.28. The van der Waals surface area contributed by atoms with Gasteiger partial charge >= 0.3 is 6.01 Å². The number of rotatable bonds is 4. The number of nitrogen functional groups attached to an aromatic ring is 1. The molecule has 0 saturated carbocycles. The molecule has 0 amide bonds. The monoisotopic (exact) mass is 336 g/mol. The van der Waals surface area contributed by atoms with Crippen molar-refractivity contribution in [3.05, 3.63) is 41.7 Å². The molecule has 7 nitrogen and oxygen atoms in total. The maximum Gasteiger partial charge on any atom is 0.321 e. The zero-order valence-electron chi connectivity index (χ0n) is 14.1. The van der Waals surface area contributed by atoms with Crippen molar-refractivity contribution < 1.29 is 4.74 Å². The van der Waals surface area contributed by atoms with Crippen molar-refractivity contribution in [2.24, 2.45) is 0 Å². The third kappa shape index (κ3) is 3.31. The highest BCUT2D eigenvalue weighted by molar-refractivity contribution is 5.82. The fourth-order valence-electron chi connectivity index (χ4n) is 3.14. The smallest absolute Gasteiger partial charge is 0.321 e. The minimum absolute atomic E-state index is 0.150. The largest absolute Gasteiger partial charge is 0.458 e. The number of benzene rings is 1. The van der Waals surface area contributed by atoms with Crippen LogP contribution >= 0.6 is 0 Å². The van der Waals surface area contributed by atoms with Gasteiger partial charge in [-0.3, -0.25) is 0 Å². The van der Waals surface area contributed by atoms with Crippen molar-refractivity contribution in [1.29, 1.82) is 0 Å². The number of pyridine rings is 1. The summed E-state index contributed by atoms with van der Waals surface area (Å²) in [4.78, 5) is 19.0. The van der Waals surface area contributed by atoms with E-state index in [1.165, 1.54) is 24.7 Å². The lowest BCUT2D eigenvalue weighted by atomic mass is 10.1. The average molecular weight is 336 g/mol. The predicted molar refractivity (Wildman–Crippen MR) is 96.5 cm³/mol. The molecule has 3 aromatic rings. The van der Waals surface area contributed by atoms with Crippen LogP contribution in [0.5, 0.6) is 6.01 Å². The number of nitrogens with two attached hydrogens (primary N) is 1. The van der Waals surface area contributed by atoms with Gasteiger partial charge in [0.1, 0.15) is 18.8 Å².